The minimum absolute atomic E-state index is 0.238. The predicted octanol–water partition coefficient (Wildman–Crippen LogP) is 2.98. The molecule has 0 radical (unpaired) electrons. The van der Waals surface area contributed by atoms with Gasteiger partial charge >= 0.3 is 0 Å². The van der Waals surface area contributed by atoms with E-state index in [0.29, 0.717) is 23.4 Å². The van der Waals surface area contributed by atoms with Crippen LogP contribution in [0.3, 0.4) is 0 Å². The summed E-state index contributed by atoms with van der Waals surface area (Å²) in [6, 6.07) is 3.99. The molecular weight excluding hydrogens is 344 g/mol. The Morgan fingerprint density at radius 1 is 1.21 bits per heavy atom. The molecule has 9 heteroatoms. The lowest BCUT2D eigenvalue weighted by molar-refractivity contribution is 0.542. The molecule has 0 aliphatic carbocycles. The Labute approximate surface area is 148 Å². The molecule has 0 bridgehead atoms. The summed E-state index contributed by atoms with van der Waals surface area (Å²) in [6.07, 6.45) is 0. The van der Waals surface area contributed by atoms with Crippen LogP contribution in [0.4, 0.5) is 11.9 Å². The number of hydrogen-bond acceptors (Lipinski definition) is 9. The minimum Gasteiger partial charge on any atom is -0.440 e. The van der Waals surface area contributed by atoms with Crippen molar-refractivity contribution in [1.29, 1.82) is 0 Å². The van der Waals surface area contributed by atoms with Crippen LogP contribution in [-0.4, -0.2) is 34.0 Å². The molecule has 0 saturated heterocycles. The van der Waals surface area contributed by atoms with Gasteiger partial charge in [0.25, 0.3) is 0 Å². The van der Waals surface area contributed by atoms with Crippen molar-refractivity contribution in [3.05, 3.63) is 34.8 Å². The first kappa shape index (κ1) is 16.7. The summed E-state index contributed by atoms with van der Waals surface area (Å²) in [5.74, 6) is 4.35. The van der Waals surface area contributed by atoms with Gasteiger partial charge in [-0.3, -0.25) is 0 Å². The number of anilines is 2. The summed E-state index contributed by atoms with van der Waals surface area (Å²) in [4.78, 5) is 20.1. The first-order chi connectivity index (χ1) is 11.5. The van der Waals surface area contributed by atoms with Crippen LogP contribution in [0.5, 0.6) is 0 Å². The highest BCUT2D eigenvalue weighted by molar-refractivity contribution is 7.97. The molecule has 0 saturated carbocycles. The summed E-state index contributed by atoms with van der Waals surface area (Å²) in [6.45, 7) is 1.94. The molecule has 0 spiro atoms. The van der Waals surface area contributed by atoms with Gasteiger partial charge < -0.3 is 15.1 Å². The molecule has 24 heavy (non-hydrogen) atoms. The first-order valence-corrected chi connectivity index (χ1v) is 9.32. The van der Waals surface area contributed by atoms with Crippen LogP contribution in [0.25, 0.3) is 10.8 Å². The molecule has 3 aromatic rings. The molecule has 0 aliphatic heterocycles. The number of nitrogen functional groups attached to an aromatic ring is 1. The number of oxazole rings is 1. The average Bonchev–Trinajstić information content (AvgIpc) is 3.17. The van der Waals surface area contributed by atoms with Crippen molar-refractivity contribution in [3.8, 4) is 10.8 Å². The number of thiophene rings is 1. The van der Waals surface area contributed by atoms with Crippen molar-refractivity contribution in [3.63, 3.8) is 0 Å². The van der Waals surface area contributed by atoms with Gasteiger partial charge in [0.05, 0.1) is 16.3 Å². The summed E-state index contributed by atoms with van der Waals surface area (Å²) < 4.78 is 5.75. The van der Waals surface area contributed by atoms with E-state index < -0.39 is 0 Å². The van der Waals surface area contributed by atoms with E-state index in [4.69, 9.17) is 10.2 Å². The maximum atomic E-state index is 5.75. The van der Waals surface area contributed by atoms with E-state index in [1.54, 1.807) is 28.0 Å². The highest BCUT2D eigenvalue weighted by Crippen LogP contribution is 2.28. The number of aromatic nitrogens is 4. The predicted molar refractivity (Wildman–Crippen MR) is 98.1 cm³/mol. The normalized spacial score (nSPS) is 11.0. The number of rotatable bonds is 6. The standard InChI is InChI=1S/C15H18N6OS2/c1-9-10(17-13(22-9)11-5-4-6-24-11)7-23-8-12-18-14(16)20-15(19-12)21(2)3/h4-6H,7-8H2,1-3H3,(H2,16,18,19,20). The SMILES string of the molecule is Cc1oc(-c2cccs2)nc1CSCc1nc(N)nc(N(C)C)n1. The van der Waals surface area contributed by atoms with E-state index in [-0.39, 0.29) is 5.95 Å². The molecule has 0 unspecified atom stereocenters. The Bertz CT molecular complexity index is 815. The summed E-state index contributed by atoms with van der Waals surface area (Å²) in [7, 11) is 3.74. The highest BCUT2D eigenvalue weighted by atomic mass is 32.2. The van der Waals surface area contributed by atoms with Crippen LogP contribution in [0.15, 0.2) is 21.9 Å². The molecule has 0 amide bonds. The third kappa shape index (κ3) is 3.85. The van der Waals surface area contributed by atoms with Gasteiger partial charge in [0.2, 0.25) is 17.8 Å². The van der Waals surface area contributed by atoms with E-state index in [0.717, 1.165) is 22.1 Å². The summed E-state index contributed by atoms with van der Waals surface area (Å²) >= 11 is 3.28. The second-order valence-electron chi connectivity index (χ2n) is 5.30. The fourth-order valence-corrected chi connectivity index (χ4v) is 3.52. The van der Waals surface area contributed by atoms with Crippen LogP contribution in [0, 0.1) is 6.92 Å². The molecule has 2 N–H and O–H groups in total. The number of nitrogens with zero attached hydrogens (tertiary/aromatic N) is 5. The van der Waals surface area contributed by atoms with Gasteiger partial charge in [-0.1, -0.05) is 6.07 Å². The molecule has 7 nitrogen and oxygen atoms in total. The molecule has 3 heterocycles. The number of hydrogen-bond donors (Lipinski definition) is 1. The smallest absolute Gasteiger partial charge is 0.236 e. The zero-order valence-corrected chi connectivity index (χ0v) is 15.3. The molecule has 126 valence electrons. The quantitative estimate of drug-likeness (QED) is 0.715. The van der Waals surface area contributed by atoms with Crippen molar-refractivity contribution in [2.24, 2.45) is 0 Å². The third-order valence-electron chi connectivity index (χ3n) is 3.18. The topological polar surface area (TPSA) is 94.0 Å². The monoisotopic (exact) mass is 362 g/mol. The van der Waals surface area contributed by atoms with Gasteiger partial charge in [0, 0.05) is 19.8 Å². The number of thioether (sulfide) groups is 1. The Balaban J connectivity index is 1.65. The molecule has 0 aliphatic rings. The largest absolute Gasteiger partial charge is 0.440 e. The van der Waals surface area contributed by atoms with Gasteiger partial charge in [0.1, 0.15) is 11.6 Å². The zero-order valence-electron chi connectivity index (χ0n) is 13.7. The van der Waals surface area contributed by atoms with Crippen LogP contribution in [0.1, 0.15) is 17.3 Å². The van der Waals surface area contributed by atoms with Crippen LogP contribution in [-0.2, 0) is 11.5 Å². The zero-order chi connectivity index (χ0) is 17.1. The van der Waals surface area contributed by atoms with E-state index >= 15 is 0 Å². The molecule has 0 atom stereocenters. The van der Waals surface area contributed by atoms with Crippen LogP contribution in [0.2, 0.25) is 0 Å². The van der Waals surface area contributed by atoms with Crippen LogP contribution < -0.4 is 10.6 Å². The van der Waals surface area contributed by atoms with Gasteiger partial charge in [-0.25, -0.2) is 4.98 Å². The third-order valence-corrected chi connectivity index (χ3v) is 4.98. The fraction of sp³-hybridized carbons (Fsp3) is 0.333. The maximum absolute atomic E-state index is 5.75. The molecule has 3 rings (SSSR count). The lowest BCUT2D eigenvalue weighted by Gasteiger charge is -2.11. The molecule has 3 aromatic heterocycles. The van der Waals surface area contributed by atoms with Crippen molar-refractivity contribution in [1.82, 2.24) is 19.9 Å². The average molecular weight is 362 g/mol. The van der Waals surface area contributed by atoms with Crippen molar-refractivity contribution in [2.75, 3.05) is 24.7 Å². The molecule has 0 fully saturated rings. The maximum Gasteiger partial charge on any atom is 0.236 e. The Hall–Kier alpha value is -2.13. The Kier molecular flexibility index (Phi) is 5.00. The van der Waals surface area contributed by atoms with E-state index in [2.05, 4.69) is 19.9 Å². The number of aryl methyl sites for hydroxylation is 1. The van der Waals surface area contributed by atoms with Gasteiger partial charge in [-0.15, -0.1) is 23.1 Å². The minimum atomic E-state index is 0.238. The van der Waals surface area contributed by atoms with Crippen molar-refractivity contribution in [2.45, 2.75) is 18.4 Å². The lowest BCUT2D eigenvalue weighted by Crippen LogP contribution is -2.15. The van der Waals surface area contributed by atoms with Crippen molar-refractivity contribution >= 4 is 35.0 Å². The number of nitrogens with two attached hydrogens (primary N) is 1. The first-order valence-electron chi connectivity index (χ1n) is 7.28. The fourth-order valence-electron chi connectivity index (χ4n) is 2.00. The van der Waals surface area contributed by atoms with E-state index in [9.17, 15) is 0 Å². The second kappa shape index (κ2) is 7.18. The van der Waals surface area contributed by atoms with E-state index in [1.165, 1.54) is 0 Å². The van der Waals surface area contributed by atoms with Crippen molar-refractivity contribution < 1.29 is 4.42 Å². The van der Waals surface area contributed by atoms with Gasteiger partial charge in [-0.05, 0) is 18.4 Å². The highest BCUT2D eigenvalue weighted by Gasteiger charge is 2.13. The Morgan fingerprint density at radius 3 is 2.75 bits per heavy atom. The summed E-state index contributed by atoms with van der Waals surface area (Å²) in [5.41, 5.74) is 6.68. The summed E-state index contributed by atoms with van der Waals surface area (Å²) in [5, 5.41) is 2.01. The molecular formula is C15H18N6OS2. The molecule has 0 aromatic carbocycles. The van der Waals surface area contributed by atoms with Gasteiger partial charge in [-0.2, -0.15) is 15.0 Å². The second-order valence-corrected chi connectivity index (χ2v) is 7.23. The lowest BCUT2D eigenvalue weighted by atomic mass is 10.4. The van der Waals surface area contributed by atoms with E-state index in [1.807, 2.05) is 38.5 Å². The Morgan fingerprint density at radius 2 is 2.04 bits per heavy atom. The van der Waals surface area contributed by atoms with Crippen LogP contribution >= 0.6 is 23.1 Å². The van der Waals surface area contributed by atoms with Gasteiger partial charge in [0.15, 0.2) is 0 Å².